The third-order valence-corrected chi connectivity index (χ3v) is 9.71. The van der Waals surface area contributed by atoms with Crippen LogP contribution >= 0.6 is 0 Å². The van der Waals surface area contributed by atoms with E-state index in [-0.39, 0.29) is 7.43 Å². The van der Waals surface area contributed by atoms with Crippen LogP contribution in [0.5, 0.6) is 0 Å². The van der Waals surface area contributed by atoms with Gasteiger partial charge in [0, 0.05) is 5.54 Å². The van der Waals surface area contributed by atoms with Crippen LogP contribution in [-0.2, 0) is 0 Å². The highest BCUT2D eigenvalue weighted by Gasteiger charge is 2.45. The molecule has 0 radical (unpaired) electrons. The quantitative estimate of drug-likeness (QED) is 0.356. The SMILES string of the molecule is C.CC.CCC.CCC(C)(C)C(C)(C)C1CCN(C(C)(C)CC(C)(C)C2CCN(C)CC2)CC1. The Bertz CT molecular complexity index is 501. The minimum absolute atomic E-state index is 0. The van der Waals surface area contributed by atoms with Gasteiger partial charge in [0.2, 0.25) is 0 Å². The molecule has 0 amide bonds. The molecule has 2 heteroatoms. The van der Waals surface area contributed by atoms with E-state index in [1.54, 1.807) is 0 Å². The van der Waals surface area contributed by atoms with E-state index < -0.39 is 0 Å². The zero-order valence-electron chi connectivity index (χ0n) is 25.8. The van der Waals surface area contributed by atoms with E-state index in [1.165, 1.54) is 71.1 Å². The molecule has 2 heterocycles. The molecule has 0 spiro atoms. The van der Waals surface area contributed by atoms with Crippen molar-refractivity contribution in [2.45, 2.75) is 148 Å². The number of rotatable bonds is 7. The summed E-state index contributed by atoms with van der Waals surface area (Å²) in [5.41, 5.74) is 1.59. The zero-order chi connectivity index (χ0) is 26.1. The standard InChI is InChI=1S/C26H52N2.C3H8.C2H6.CH4/c1-11-24(4,5)26(8,9)22-14-18-28(19-15-22)25(6,7)20-23(2,3)21-12-16-27(10)17-13-21;1-3-2;1-2;/h21-22H,11-20H2,1-10H3;3H2,1-2H3;1-2H3;1H4. The summed E-state index contributed by atoms with van der Waals surface area (Å²) >= 11 is 0. The maximum Gasteiger partial charge on any atom is 0.0158 e. The molecule has 0 aliphatic carbocycles. The molecule has 0 aromatic rings. The second-order valence-corrected chi connectivity index (χ2v) is 13.5. The van der Waals surface area contributed by atoms with Crippen LogP contribution in [0.25, 0.3) is 0 Å². The molecule has 0 aromatic heterocycles. The van der Waals surface area contributed by atoms with Crippen LogP contribution in [0.4, 0.5) is 0 Å². The van der Waals surface area contributed by atoms with Crippen molar-refractivity contribution in [3.8, 4) is 0 Å². The predicted molar refractivity (Wildman–Crippen MR) is 159 cm³/mol. The van der Waals surface area contributed by atoms with Gasteiger partial charge in [0.15, 0.2) is 0 Å². The van der Waals surface area contributed by atoms with Gasteiger partial charge in [-0.2, -0.15) is 0 Å². The smallest absolute Gasteiger partial charge is 0.0158 e. The summed E-state index contributed by atoms with van der Waals surface area (Å²) < 4.78 is 0. The largest absolute Gasteiger partial charge is 0.306 e. The summed E-state index contributed by atoms with van der Waals surface area (Å²) in [7, 11) is 2.28. The fourth-order valence-corrected chi connectivity index (χ4v) is 6.38. The lowest BCUT2D eigenvalue weighted by Crippen LogP contribution is -2.53. The first-order valence-electron chi connectivity index (χ1n) is 14.6. The molecular weight excluding hydrogens is 412 g/mol. The van der Waals surface area contributed by atoms with Crippen molar-refractivity contribution in [2.24, 2.45) is 28.1 Å². The molecule has 0 saturated carbocycles. The van der Waals surface area contributed by atoms with Gasteiger partial charge in [0.25, 0.3) is 0 Å². The van der Waals surface area contributed by atoms with Gasteiger partial charge < -0.3 is 4.90 Å². The van der Waals surface area contributed by atoms with Crippen LogP contribution < -0.4 is 0 Å². The summed E-state index contributed by atoms with van der Waals surface area (Å²) in [6, 6.07) is 0. The van der Waals surface area contributed by atoms with E-state index in [0.717, 1.165) is 11.8 Å². The Hall–Kier alpha value is -0.0800. The third kappa shape index (κ3) is 9.76. The predicted octanol–water partition coefficient (Wildman–Crippen LogP) is 9.78. The highest BCUT2D eigenvalue weighted by Crippen LogP contribution is 2.51. The topological polar surface area (TPSA) is 6.48 Å². The van der Waals surface area contributed by atoms with Crippen molar-refractivity contribution < 1.29 is 0 Å². The van der Waals surface area contributed by atoms with Crippen LogP contribution in [-0.4, -0.2) is 48.6 Å². The van der Waals surface area contributed by atoms with Gasteiger partial charge >= 0.3 is 0 Å². The molecule has 2 nitrogen and oxygen atoms in total. The van der Waals surface area contributed by atoms with Gasteiger partial charge in [-0.15, -0.1) is 0 Å². The fraction of sp³-hybridized carbons (Fsp3) is 1.00. The first-order valence-corrected chi connectivity index (χ1v) is 14.6. The van der Waals surface area contributed by atoms with Crippen molar-refractivity contribution in [3.05, 3.63) is 0 Å². The summed E-state index contributed by atoms with van der Waals surface area (Å²) in [4.78, 5) is 5.33. The van der Waals surface area contributed by atoms with Crippen LogP contribution in [0.3, 0.4) is 0 Å². The number of likely N-dealkylation sites (tertiary alicyclic amines) is 2. The Morgan fingerprint density at radius 3 is 1.44 bits per heavy atom. The molecule has 2 fully saturated rings. The van der Waals surface area contributed by atoms with Gasteiger partial charge in [-0.1, -0.05) is 96.4 Å². The van der Waals surface area contributed by atoms with E-state index in [9.17, 15) is 0 Å². The summed E-state index contributed by atoms with van der Waals surface area (Å²) in [6.07, 6.45) is 9.34. The Balaban J connectivity index is 0. The summed E-state index contributed by atoms with van der Waals surface area (Å²) in [6.45, 7) is 35.9. The van der Waals surface area contributed by atoms with E-state index in [4.69, 9.17) is 0 Å². The van der Waals surface area contributed by atoms with Crippen LogP contribution in [0.15, 0.2) is 0 Å². The van der Waals surface area contributed by atoms with Gasteiger partial charge in [-0.3, -0.25) is 4.90 Å². The lowest BCUT2D eigenvalue weighted by Gasteiger charge is -2.53. The Morgan fingerprint density at radius 1 is 0.676 bits per heavy atom. The second-order valence-electron chi connectivity index (χ2n) is 13.5. The number of hydrogen-bond acceptors (Lipinski definition) is 2. The van der Waals surface area contributed by atoms with Crippen LogP contribution in [0.2, 0.25) is 0 Å². The van der Waals surface area contributed by atoms with Gasteiger partial charge in [0.1, 0.15) is 0 Å². The lowest BCUT2D eigenvalue weighted by atomic mass is 9.58. The second kappa shape index (κ2) is 15.2. The molecular formula is C32H70N2. The first kappa shape index (κ1) is 36.1. The van der Waals surface area contributed by atoms with Crippen molar-refractivity contribution in [1.82, 2.24) is 9.80 Å². The minimum Gasteiger partial charge on any atom is -0.306 e. The van der Waals surface area contributed by atoms with Crippen LogP contribution in [0.1, 0.15) is 142 Å². The molecule has 0 aromatic carbocycles. The van der Waals surface area contributed by atoms with Gasteiger partial charge in [-0.05, 0) is 107 Å². The van der Waals surface area contributed by atoms with Crippen LogP contribution in [0, 0.1) is 28.1 Å². The maximum absolute atomic E-state index is 2.83. The Morgan fingerprint density at radius 2 is 1.06 bits per heavy atom. The molecule has 34 heavy (non-hydrogen) atoms. The molecule has 2 aliphatic rings. The molecule has 208 valence electrons. The normalized spacial score (nSPS) is 19.9. The van der Waals surface area contributed by atoms with Crippen molar-refractivity contribution in [3.63, 3.8) is 0 Å². The van der Waals surface area contributed by atoms with E-state index in [1.807, 2.05) is 13.8 Å². The van der Waals surface area contributed by atoms with E-state index >= 15 is 0 Å². The van der Waals surface area contributed by atoms with Crippen molar-refractivity contribution in [2.75, 3.05) is 33.2 Å². The number of nitrogens with zero attached hydrogens (tertiary/aromatic N) is 2. The zero-order valence-corrected chi connectivity index (χ0v) is 25.8. The monoisotopic (exact) mass is 483 g/mol. The average Bonchev–Trinajstić information content (AvgIpc) is 2.75. The fourth-order valence-electron chi connectivity index (χ4n) is 6.38. The summed E-state index contributed by atoms with van der Waals surface area (Å²) in [5.74, 6) is 1.74. The molecule has 0 bridgehead atoms. The molecule has 2 saturated heterocycles. The first-order chi connectivity index (χ1) is 15.1. The number of hydrogen-bond donors (Lipinski definition) is 0. The van der Waals surface area contributed by atoms with Gasteiger partial charge in [0.05, 0.1) is 0 Å². The average molecular weight is 483 g/mol. The van der Waals surface area contributed by atoms with Crippen molar-refractivity contribution in [1.29, 1.82) is 0 Å². The highest BCUT2D eigenvalue weighted by atomic mass is 15.2. The molecule has 2 rings (SSSR count). The maximum atomic E-state index is 2.83. The Labute approximate surface area is 219 Å². The minimum atomic E-state index is 0. The molecule has 0 N–H and O–H groups in total. The third-order valence-electron chi connectivity index (χ3n) is 9.71. The van der Waals surface area contributed by atoms with E-state index in [0.29, 0.717) is 21.8 Å². The number of piperidine rings is 2. The van der Waals surface area contributed by atoms with Gasteiger partial charge in [-0.25, -0.2) is 0 Å². The molecule has 0 unspecified atom stereocenters. The van der Waals surface area contributed by atoms with E-state index in [2.05, 4.69) is 93.0 Å². The highest BCUT2D eigenvalue weighted by molar-refractivity contribution is 4.97. The molecule has 0 atom stereocenters. The molecule has 2 aliphatic heterocycles. The lowest BCUT2D eigenvalue weighted by molar-refractivity contribution is -0.0346. The summed E-state index contributed by atoms with van der Waals surface area (Å²) in [5, 5.41) is 0. The van der Waals surface area contributed by atoms with Crippen molar-refractivity contribution >= 4 is 0 Å². The Kier molecular flexibility index (Phi) is 16.2.